The fourth-order valence-corrected chi connectivity index (χ4v) is 4.45. The summed E-state index contributed by atoms with van der Waals surface area (Å²) in [4.78, 5) is 24.6. The summed E-state index contributed by atoms with van der Waals surface area (Å²) < 4.78 is 47.2. The van der Waals surface area contributed by atoms with Gasteiger partial charge in [0.05, 0.1) is 47.3 Å². The van der Waals surface area contributed by atoms with Gasteiger partial charge >= 0.3 is 6.36 Å². The number of methoxy groups -OCH3 is 1. The molecule has 1 aliphatic rings. The first-order chi connectivity index (χ1) is 16.7. The Hall–Kier alpha value is -4.09. The van der Waals surface area contributed by atoms with E-state index < -0.39 is 11.9 Å². The molecule has 0 aliphatic carbocycles. The first-order valence-electron chi connectivity index (χ1n) is 10.8. The first-order valence-corrected chi connectivity index (χ1v) is 10.8. The Morgan fingerprint density at radius 2 is 1.86 bits per heavy atom. The van der Waals surface area contributed by atoms with Crippen LogP contribution in [0, 0.1) is 0 Å². The molecule has 4 aromatic rings. The summed E-state index contributed by atoms with van der Waals surface area (Å²) in [7, 11) is 1.51. The maximum Gasteiger partial charge on any atom is 0.573 e. The van der Waals surface area contributed by atoms with E-state index in [2.05, 4.69) is 24.9 Å². The number of fused-ring (bicyclic) bond motifs is 1. The number of benzene rings is 2. The van der Waals surface area contributed by atoms with Crippen molar-refractivity contribution < 1.29 is 27.4 Å². The number of ether oxygens (including phenoxy) is 2. The average Bonchev–Trinajstić information content (AvgIpc) is 3.57. The van der Waals surface area contributed by atoms with Crippen molar-refractivity contribution in [2.75, 3.05) is 13.7 Å². The Bertz CT molecular complexity index is 1390. The summed E-state index contributed by atoms with van der Waals surface area (Å²) >= 11 is 0. The van der Waals surface area contributed by atoms with Gasteiger partial charge in [0.25, 0.3) is 5.91 Å². The lowest BCUT2D eigenvalue weighted by Crippen LogP contribution is -2.44. The molecule has 1 atom stereocenters. The first kappa shape index (κ1) is 22.7. The van der Waals surface area contributed by atoms with Gasteiger partial charge in [-0.15, -0.1) is 13.2 Å². The van der Waals surface area contributed by atoms with Crippen LogP contribution in [0.25, 0.3) is 16.7 Å². The van der Waals surface area contributed by atoms with Crippen molar-refractivity contribution in [1.29, 1.82) is 0 Å². The molecule has 2 aromatic heterocycles. The lowest BCUT2D eigenvalue weighted by atomic mass is 9.97. The number of rotatable bonds is 5. The van der Waals surface area contributed by atoms with Gasteiger partial charge in [-0.3, -0.25) is 4.79 Å². The lowest BCUT2D eigenvalue weighted by Gasteiger charge is -2.34. The maximum atomic E-state index is 13.9. The number of nitrogens with one attached hydrogen (secondary N) is 1. The van der Waals surface area contributed by atoms with E-state index in [1.807, 2.05) is 6.92 Å². The molecular formula is C23H21F3N6O3. The fraction of sp³-hybridized carbons (Fsp3) is 0.304. The molecule has 12 heteroatoms. The van der Waals surface area contributed by atoms with Crippen molar-refractivity contribution in [2.45, 2.75) is 31.7 Å². The van der Waals surface area contributed by atoms with Crippen LogP contribution in [0.1, 0.15) is 35.9 Å². The highest BCUT2D eigenvalue weighted by molar-refractivity contribution is 5.99. The number of H-pyrrole nitrogens is 1. The Morgan fingerprint density at radius 1 is 1.11 bits per heavy atom. The second-order valence-corrected chi connectivity index (χ2v) is 8.35. The lowest BCUT2D eigenvalue weighted by molar-refractivity contribution is -0.274. The summed E-state index contributed by atoms with van der Waals surface area (Å²) in [5.74, 6) is 0.366. The molecule has 1 unspecified atom stereocenters. The number of imidazole rings is 1. The van der Waals surface area contributed by atoms with E-state index in [9.17, 15) is 18.0 Å². The minimum Gasteiger partial charge on any atom is -0.497 e. The van der Waals surface area contributed by atoms with Crippen LogP contribution in [0.5, 0.6) is 11.5 Å². The summed E-state index contributed by atoms with van der Waals surface area (Å²) in [6.45, 7) is 2.35. The number of halogens is 3. The average molecular weight is 486 g/mol. The highest BCUT2D eigenvalue weighted by Crippen LogP contribution is 2.40. The second-order valence-electron chi connectivity index (χ2n) is 8.35. The number of carbonyl (C=O) groups excluding carboxylic acids is 1. The predicted octanol–water partition coefficient (Wildman–Crippen LogP) is 4.20. The third-order valence-electron chi connectivity index (χ3n) is 6.15. The Kier molecular flexibility index (Phi) is 5.37. The number of amides is 1. The van der Waals surface area contributed by atoms with Crippen molar-refractivity contribution in [3.63, 3.8) is 0 Å². The van der Waals surface area contributed by atoms with E-state index in [4.69, 9.17) is 4.74 Å². The minimum absolute atomic E-state index is 0.266. The van der Waals surface area contributed by atoms with Gasteiger partial charge in [0, 0.05) is 12.6 Å². The standard InChI is InChI=1S/C23H21F3N6O3/c1-22(21-29-17-6-4-15(13-18(17)30-21)35-23(24,25)26)8-3-11-31(22)20(33)16-12-14(34-2)5-7-19(16)32-27-9-10-28-32/h4-7,9-10,12-13H,3,8,11H2,1-2H3,(H,29,30). The zero-order valence-electron chi connectivity index (χ0n) is 18.8. The zero-order valence-corrected chi connectivity index (χ0v) is 18.8. The van der Waals surface area contributed by atoms with Gasteiger partial charge in [0.1, 0.15) is 17.3 Å². The molecule has 0 bridgehead atoms. The second kappa shape index (κ2) is 8.29. The predicted molar refractivity (Wildman–Crippen MR) is 118 cm³/mol. The molecule has 5 rings (SSSR count). The van der Waals surface area contributed by atoms with Crippen LogP contribution in [0.15, 0.2) is 48.8 Å². The maximum absolute atomic E-state index is 13.9. The van der Waals surface area contributed by atoms with Crippen LogP contribution in [0.2, 0.25) is 0 Å². The van der Waals surface area contributed by atoms with E-state index >= 15 is 0 Å². The molecule has 1 fully saturated rings. The largest absolute Gasteiger partial charge is 0.573 e. The number of carbonyl (C=O) groups is 1. The van der Waals surface area contributed by atoms with Crippen molar-refractivity contribution in [2.24, 2.45) is 0 Å². The fourth-order valence-electron chi connectivity index (χ4n) is 4.45. The van der Waals surface area contributed by atoms with Gasteiger partial charge in [-0.1, -0.05) is 0 Å². The van der Waals surface area contributed by atoms with Crippen LogP contribution in [-0.2, 0) is 5.54 Å². The molecule has 1 amide bonds. The number of nitrogens with zero attached hydrogens (tertiary/aromatic N) is 5. The minimum atomic E-state index is -4.80. The topological polar surface area (TPSA) is 98.2 Å². The third kappa shape index (κ3) is 4.15. The van der Waals surface area contributed by atoms with E-state index in [0.29, 0.717) is 46.8 Å². The van der Waals surface area contributed by atoms with Crippen LogP contribution >= 0.6 is 0 Å². The molecule has 0 saturated carbocycles. The monoisotopic (exact) mass is 486 g/mol. The van der Waals surface area contributed by atoms with Gasteiger partial charge < -0.3 is 19.4 Å². The molecule has 3 heterocycles. The Morgan fingerprint density at radius 3 is 2.57 bits per heavy atom. The van der Waals surface area contributed by atoms with Crippen molar-refractivity contribution in [3.8, 4) is 17.2 Å². The van der Waals surface area contributed by atoms with E-state index in [1.165, 1.54) is 42.5 Å². The van der Waals surface area contributed by atoms with Crippen molar-refractivity contribution >= 4 is 16.9 Å². The molecule has 182 valence electrons. The van der Waals surface area contributed by atoms with Crippen LogP contribution < -0.4 is 9.47 Å². The molecule has 35 heavy (non-hydrogen) atoms. The molecule has 1 saturated heterocycles. The van der Waals surface area contributed by atoms with Gasteiger partial charge in [0.2, 0.25) is 0 Å². The number of aromatic nitrogens is 5. The van der Waals surface area contributed by atoms with E-state index in [1.54, 1.807) is 23.1 Å². The molecule has 0 spiro atoms. The van der Waals surface area contributed by atoms with Gasteiger partial charge in [-0.2, -0.15) is 15.0 Å². The molecule has 1 aliphatic heterocycles. The zero-order chi connectivity index (χ0) is 24.8. The summed E-state index contributed by atoms with van der Waals surface area (Å²) in [5, 5.41) is 8.30. The normalized spacial score (nSPS) is 18.3. The third-order valence-corrected chi connectivity index (χ3v) is 6.15. The summed E-state index contributed by atoms with van der Waals surface area (Å²) in [6.07, 6.45) is -0.423. The quantitative estimate of drug-likeness (QED) is 0.454. The van der Waals surface area contributed by atoms with E-state index in [-0.39, 0.29) is 11.7 Å². The van der Waals surface area contributed by atoms with Gasteiger partial charge in [-0.25, -0.2) is 4.98 Å². The number of hydrogen-bond donors (Lipinski definition) is 1. The number of hydrogen-bond acceptors (Lipinski definition) is 6. The highest BCUT2D eigenvalue weighted by Gasteiger charge is 2.44. The summed E-state index contributed by atoms with van der Waals surface area (Å²) in [5.41, 5.74) is 0.876. The van der Waals surface area contributed by atoms with Crippen LogP contribution in [0.4, 0.5) is 13.2 Å². The van der Waals surface area contributed by atoms with Crippen LogP contribution in [-0.4, -0.2) is 55.8 Å². The number of likely N-dealkylation sites (tertiary alicyclic amines) is 1. The highest BCUT2D eigenvalue weighted by atomic mass is 19.4. The molecule has 1 N–H and O–H groups in total. The number of alkyl halides is 3. The van der Waals surface area contributed by atoms with E-state index in [0.717, 1.165) is 6.42 Å². The smallest absolute Gasteiger partial charge is 0.497 e. The SMILES string of the molecule is COc1ccc(-n2nccn2)c(C(=O)N2CCCC2(C)c2nc3ccc(OC(F)(F)F)cc3[nH]2)c1. The Balaban J connectivity index is 1.53. The van der Waals surface area contributed by atoms with Crippen molar-refractivity contribution in [1.82, 2.24) is 29.9 Å². The van der Waals surface area contributed by atoms with Gasteiger partial charge in [0.15, 0.2) is 0 Å². The van der Waals surface area contributed by atoms with Crippen molar-refractivity contribution in [3.05, 3.63) is 60.2 Å². The van der Waals surface area contributed by atoms with Crippen LogP contribution in [0.3, 0.4) is 0 Å². The molecule has 9 nitrogen and oxygen atoms in total. The molecular weight excluding hydrogens is 465 g/mol. The van der Waals surface area contributed by atoms with Gasteiger partial charge in [-0.05, 0) is 50.1 Å². The number of aromatic amines is 1. The molecule has 0 radical (unpaired) electrons. The summed E-state index contributed by atoms with van der Waals surface area (Å²) in [6, 6.07) is 8.97. The molecule has 2 aromatic carbocycles. The Labute approximate surface area is 197 Å².